The lowest BCUT2D eigenvalue weighted by Crippen LogP contribution is -2.30. The lowest BCUT2D eigenvalue weighted by molar-refractivity contribution is 0.0437. The van der Waals surface area contributed by atoms with Gasteiger partial charge >= 0.3 is 0 Å². The second kappa shape index (κ2) is 7.45. The summed E-state index contributed by atoms with van der Waals surface area (Å²) in [4.78, 5) is 22.6. The summed E-state index contributed by atoms with van der Waals surface area (Å²) in [5.41, 5.74) is 2.66. The van der Waals surface area contributed by atoms with E-state index in [4.69, 9.17) is 4.74 Å². The molecular formula is C19H19N5O2. The van der Waals surface area contributed by atoms with E-state index >= 15 is 0 Å². The summed E-state index contributed by atoms with van der Waals surface area (Å²) in [5, 5.41) is 6.65. The van der Waals surface area contributed by atoms with Crippen molar-refractivity contribution in [3.63, 3.8) is 0 Å². The van der Waals surface area contributed by atoms with Crippen LogP contribution in [0.2, 0.25) is 0 Å². The maximum absolute atomic E-state index is 12.7. The Labute approximate surface area is 151 Å². The van der Waals surface area contributed by atoms with Crippen LogP contribution >= 0.6 is 0 Å². The number of hydrogen-bond acceptors (Lipinski definition) is 5. The number of pyridine rings is 1. The number of nitrogens with zero attached hydrogens (tertiary/aromatic N) is 4. The number of amides is 1. The summed E-state index contributed by atoms with van der Waals surface area (Å²) < 4.78 is 5.93. The molecular weight excluding hydrogens is 330 g/mol. The third-order valence-corrected chi connectivity index (χ3v) is 4.49. The Morgan fingerprint density at radius 3 is 2.73 bits per heavy atom. The van der Waals surface area contributed by atoms with Crippen LogP contribution in [0.4, 0.5) is 0 Å². The average molecular weight is 349 g/mol. The predicted octanol–water partition coefficient (Wildman–Crippen LogP) is 2.30. The smallest absolute Gasteiger partial charge is 0.253 e. The first-order chi connectivity index (χ1) is 12.8. The molecule has 1 atom stereocenters. The van der Waals surface area contributed by atoms with Crippen LogP contribution in [0.1, 0.15) is 22.3 Å². The lowest BCUT2D eigenvalue weighted by atomic mass is 10.1. The van der Waals surface area contributed by atoms with Gasteiger partial charge in [-0.25, -0.2) is 4.98 Å². The van der Waals surface area contributed by atoms with E-state index in [1.54, 1.807) is 12.4 Å². The fourth-order valence-electron chi connectivity index (χ4n) is 3.04. The largest absolute Gasteiger partial charge is 0.372 e. The molecule has 26 heavy (non-hydrogen) atoms. The third kappa shape index (κ3) is 3.62. The summed E-state index contributed by atoms with van der Waals surface area (Å²) >= 11 is 0. The first-order valence-electron chi connectivity index (χ1n) is 8.55. The first kappa shape index (κ1) is 16.4. The molecule has 3 aromatic rings. The molecule has 132 valence electrons. The molecule has 1 aromatic carbocycles. The first-order valence-corrected chi connectivity index (χ1v) is 8.55. The Balaban J connectivity index is 1.34. The van der Waals surface area contributed by atoms with Crippen molar-refractivity contribution in [2.75, 3.05) is 13.1 Å². The number of aromatic nitrogens is 4. The quantitative estimate of drug-likeness (QED) is 0.764. The van der Waals surface area contributed by atoms with E-state index in [1.807, 2.05) is 41.3 Å². The van der Waals surface area contributed by atoms with Gasteiger partial charge in [-0.05, 0) is 36.2 Å². The molecule has 0 bridgehead atoms. The Bertz CT molecular complexity index is 849. The van der Waals surface area contributed by atoms with Crippen LogP contribution in [-0.4, -0.2) is 50.2 Å². The van der Waals surface area contributed by atoms with Crippen LogP contribution in [0, 0.1) is 0 Å². The minimum Gasteiger partial charge on any atom is -0.372 e. The fourth-order valence-corrected chi connectivity index (χ4v) is 3.04. The standard InChI is InChI=1S/C19H19N5O2/c25-19(16-3-1-15(2-4-16)18-21-13-22-23-18)24-10-7-17(11-24)26-12-14-5-8-20-9-6-14/h1-6,8-9,13,17H,7,10-12H2,(H,21,22,23). The van der Waals surface area contributed by atoms with Gasteiger partial charge in [-0.2, -0.15) is 5.10 Å². The molecule has 1 N–H and O–H groups in total. The predicted molar refractivity (Wildman–Crippen MR) is 95.2 cm³/mol. The molecule has 3 heterocycles. The highest BCUT2D eigenvalue weighted by Crippen LogP contribution is 2.19. The van der Waals surface area contributed by atoms with Crippen molar-refractivity contribution in [3.05, 3.63) is 66.2 Å². The number of carbonyl (C=O) groups excluding carboxylic acids is 1. The van der Waals surface area contributed by atoms with Crippen molar-refractivity contribution in [3.8, 4) is 11.4 Å². The molecule has 1 unspecified atom stereocenters. The van der Waals surface area contributed by atoms with Gasteiger partial charge in [0.05, 0.1) is 12.7 Å². The lowest BCUT2D eigenvalue weighted by Gasteiger charge is -2.17. The van der Waals surface area contributed by atoms with Crippen LogP contribution in [0.5, 0.6) is 0 Å². The van der Waals surface area contributed by atoms with E-state index in [1.165, 1.54) is 6.33 Å². The van der Waals surface area contributed by atoms with Crippen LogP contribution in [0.15, 0.2) is 55.1 Å². The van der Waals surface area contributed by atoms with Crippen LogP contribution in [0.3, 0.4) is 0 Å². The summed E-state index contributed by atoms with van der Waals surface area (Å²) in [7, 11) is 0. The van der Waals surface area contributed by atoms with Crippen molar-refractivity contribution in [1.29, 1.82) is 0 Å². The van der Waals surface area contributed by atoms with Crippen LogP contribution in [0.25, 0.3) is 11.4 Å². The second-order valence-electron chi connectivity index (χ2n) is 6.24. The number of ether oxygens (including phenoxy) is 1. The van der Waals surface area contributed by atoms with E-state index in [2.05, 4.69) is 20.2 Å². The maximum Gasteiger partial charge on any atom is 0.253 e. The molecule has 7 nitrogen and oxygen atoms in total. The van der Waals surface area contributed by atoms with Gasteiger partial charge < -0.3 is 9.64 Å². The van der Waals surface area contributed by atoms with Gasteiger partial charge in [-0.15, -0.1) is 0 Å². The zero-order chi connectivity index (χ0) is 17.8. The van der Waals surface area contributed by atoms with Gasteiger partial charge in [-0.3, -0.25) is 14.9 Å². The van der Waals surface area contributed by atoms with Crippen LogP contribution < -0.4 is 0 Å². The number of carbonyl (C=O) groups is 1. The van der Waals surface area contributed by atoms with Crippen molar-refractivity contribution >= 4 is 5.91 Å². The molecule has 2 aromatic heterocycles. The average Bonchev–Trinajstić information content (AvgIpc) is 3.39. The molecule has 0 saturated carbocycles. The highest BCUT2D eigenvalue weighted by Gasteiger charge is 2.27. The molecule has 4 rings (SSSR count). The second-order valence-corrected chi connectivity index (χ2v) is 6.24. The monoisotopic (exact) mass is 349 g/mol. The van der Waals surface area contributed by atoms with Crippen molar-refractivity contribution < 1.29 is 9.53 Å². The Morgan fingerprint density at radius 1 is 1.19 bits per heavy atom. The van der Waals surface area contributed by atoms with E-state index in [0.29, 0.717) is 31.1 Å². The van der Waals surface area contributed by atoms with Gasteiger partial charge in [0.2, 0.25) is 0 Å². The Kier molecular flexibility index (Phi) is 4.70. The fraction of sp³-hybridized carbons (Fsp3) is 0.263. The normalized spacial score (nSPS) is 16.8. The topological polar surface area (TPSA) is 84.0 Å². The van der Waals surface area contributed by atoms with E-state index in [9.17, 15) is 4.79 Å². The van der Waals surface area contributed by atoms with E-state index < -0.39 is 0 Å². The summed E-state index contributed by atoms with van der Waals surface area (Å²) in [6.45, 7) is 1.87. The highest BCUT2D eigenvalue weighted by molar-refractivity contribution is 5.94. The number of rotatable bonds is 5. The zero-order valence-electron chi connectivity index (χ0n) is 14.2. The summed E-state index contributed by atoms with van der Waals surface area (Å²) in [6, 6.07) is 11.3. The number of likely N-dealkylation sites (tertiary alicyclic amines) is 1. The molecule has 1 aliphatic rings. The van der Waals surface area contributed by atoms with Gasteiger partial charge in [0.25, 0.3) is 5.91 Å². The number of aromatic amines is 1. The van der Waals surface area contributed by atoms with Gasteiger partial charge in [0, 0.05) is 36.6 Å². The van der Waals surface area contributed by atoms with Crippen molar-refractivity contribution in [2.45, 2.75) is 19.1 Å². The molecule has 7 heteroatoms. The van der Waals surface area contributed by atoms with Gasteiger partial charge in [0.1, 0.15) is 6.33 Å². The SMILES string of the molecule is O=C(c1ccc(-c2ncn[nH]2)cc1)N1CCC(OCc2ccncc2)C1. The molecule has 1 fully saturated rings. The molecule has 0 radical (unpaired) electrons. The van der Waals surface area contributed by atoms with Crippen molar-refractivity contribution in [2.24, 2.45) is 0 Å². The summed E-state index contributed by atoms with van der Waals surface area (Å²) in [5.74, 6) is 0.721. The molecule has 0 aliphatic carbocycles. The third-order valence-electron chi connectivity index (χ3n) is 4.49. The number of H-pyrrole nitrogens is 1. The van der Waals surface area contributed by atoms with Gasteiger partial charge in [-0.1, -0.05) is 12.1 Å². The minimum absolute atomic E-state index is 0.0316. The van der Waals surface area contributed by atoms with E-state index in [0.717, 1.165) is 17.5 Å². The maximum atomic E-state index is 12.7. The number of benzene rings is 1. The molecule has 1 saturated heterocycles. The number of hydrogen-bond donors (Lipinski definition) is 1. The Morgan fingerprint density at radius 2 is 2.00 bits per heavy atom. The minimum atomic E-state index is 0.0316. The molecule has 1 aliphatic heterocycles. The van der Waals surface area contributed by atoms with Crippen molar-refractivity contribution in [1.82, 2.24) is 25.1 Å². The number of nitrogens with one attached hydrogen (secondary N) is 1. The van der Waals surface area contributed by atoms with E-state index in [-0.39, 0.29) is 12.0 Å². The highest BCUT2D eigenvalue weighted by atomic mass is 16.5. The zero-order valence-corrected chi connectivity index (χ0v) is 14.2. The Hall–Kier alpha value is -3.06. The molecule has 0 spiro atoms. The van der Waals surface area contributed by atoms with Gasteiger partial charge in [0.15, 0.2) is 5.82 Å². The molecule has 1 amide bonds. The van der Waals surface area contributed by atoms with Crippen LogP contribution in [-0.2, 0) is 11.3 Å². The summed E-state index contributed by atoms with van der Waals surface area (Å²) in [6.07, 6.45) is 5.90.